The Labute approximate surface area is 259 Å². The molecule has 8 N–H and O–H groups in total. The van der Waals surface area contributed by atoms with Crippen LogP contribution in [0.25, 0.3) is 17.0 Å². The Morgan fingerprint density at radius 2 is 1.80 bits per heavy atom. The summed E-state index contributed by atoms with van der Waals surface area (Å²) in [5.41, 5.74) is 3.28. The van der Waals surface area contributed by atoms with Gasteiger partial charge >= 0.3 is 0 Å². The average Bonchev–Trinajstić information content (AvgIpc) is 2.94. The van der Waals surface area contributed by atoms with E-state index in [4.69, 9.17) is 5.73 Å². The van der Waals surface area contributed by atoms with E-state index in [1.165, 1.54) is 17.2 Å². The van der Waals surface area contributed by atoms with Crippen LogP contribution in [0.1, 0.15) is 38.3 Å². The number of primary amides is 1. The summed E-state index contributed by atoms with van der Waals surface area (Å²) < 4.78 is 0. The number of carbonyl (C=O) groups is 4. The van der Waals surface area contributed by atoms with Gasteiger partial charge in [0.15, 0.2) is 11.4 Å². The van der Waals surface area contributed by atoms with Gasteiger partial charge in [-0.15, -0.1) is 0 Å². The fourth-order valence-electron chi connectivity index (χ4n) is 6.66. The third kappa shape index (κ3) is 5.26. The Morgan fingerprint density at radius 3 is 2.38 bits per heavy atom. The molecule has 1 fully saturated rings. The van der Waals surface area contributed by atoms with Crippen molar-refractivity contribution >= 4 is 34.8 Å². The van der Waals surface area contributed by atoms with E-state index in [1.807, 2.05) is 20.8 Å². The Hall–Kier alpha value is -4.59. The number of hydrogen-bond donors (Lipinski definition) is 7. The van der Waals surface area contributed by atoms with Gasteiger partial charge < -0.3 is 36.8 Å². The number of pyridine rings is 1. The highest BCUT2D eigenvalue weighted by atomic mass is 16.3. The van der Waals surface area contributed by atoms with Gasteiger partial charge in [-0.2, -0.15) is 0 Å². The van der Waals surface area contributed by atoms with Crippen LogP contribution < -0.4 is 16.4 Å². The van der Waals surface area contributed by atoms with Crippen molar-refractivity contribution in [2.45, 2.75) is 50.8 Å². The number of aromatic hydroxyl groups is 1. The molecule has 0 saturated heterocycles. The number of phenolic OH excluding ortho intramolecular Hbond substituents is 1. The molecular weight excluding hydrogens is 582 g/mol. The molecule has 5 rings (SSSR count). The maximum absolute atomic E-state index is 14.0. The van der Waals surface area contributed by atoms with E-state index in [0.717, 1.165) is 0 Å². The number of likely N-dealkylation sites (N-methyl/N-ethyl adjacent to an activating group) is 1. The van der Waals surface area contributed by atoms with E-state index >= 15 is 0 Å². The third-order valence-electron chi connectivity index (χ3n) is 8.71. The molecule has 2 aromatic rings. The van der Waals surface area contributed by atoms with E-state index in [9.17, 15) is 39.6 Å². The van der Waals surface area contributed by atoms with Crippen LogP contribution in [-0.2, 0) is 25.6 Å². The molecule has 1 heterocycles. The number of aliphatic hydroxyl groups is 3. The number of phenols is 1. The zero-order valence-electron chi connectivity index (χ0n) is 25.6. The smallest absolute Gasteiger partial charge is 0.255 e. The number of amides is 2. The monoisotopic (exact) mass is 619 g/mol. The van der Waals surface area contributed by atoms with Gasteiger partial charge in [0, 0.05) is 22.6 Å². The van der Waals surface area contributed by atoms with E-state index in [0.29, 0.717) is 22.5 Å². The molecule has 45 heavy (non-hydrogen) atoms. The fourth-order valence-corrected chi connectivity index (χ4v) is 6.66. The summed E-state index contributed by atoms with van der Waals surface area (Å²) in [6.07, 6.45) is 1.58. The highest BCUT2D eigenvalue weighted by Crippen LogP contribution is 2.53. The molecule has 4 atom stereocenters. The lowest BCUT2D eigenvalue weighted by Gasteiger charge is -2.50. The van der Waals surface area contributed by atoms with Gasteiger partial charge in [0.2, 0.25) is 11.7 Å². The minimum atomic E-state index is -2.71. The van der Waals surface area contributed by atoms with Crippen LogP contribution in [0.4, 0.5) is 5.69 Å². The summed E-state index contributed by atoms with van der Waals surface area (Å²) in [5, 5.41) is 50.9. The minimum absolute atomic E-state index is 0.0259. The first kappa shape index (κ1) is 31.8. The number of nitrogens with two attached hydrogens (primary N) is 1. The molecule has 3 aliphatic rings. The van der Waals surface area contributed by atoms with Crippen LogP contribution in [-0.4, -0.2) is 91.5 Å². The number of hydrogen-bond acceptors (Lipinski definition) is 11. The molecule has 0 radical (unpaired) electrons. The Morgan fingerprint density at radius 1 is 1.11 bits per heavy atom. The summed E-state index contributed by atoms with van der Waals surface area (Å²) in [4.78, 5) is 57.7. The van der Waals surface area contributed by atoms with Crippen LogP contribution >= 0.6 is 0 Å². The number of rotatable bonds is 6. The van der Waals surface area contributed by atoms with Crippen molar-refractivity contribution < 1.29 is 39.6 Å². The average molecular weight is 620 g/mol. The van der Waals surface area contributed by atoms with E-state index in [2.05, 4.69) is 15.6 Å². The second-order valence-corrected chi connectivity index (χ2v) is 13.0. The molecule has 0 unspecified atom stereocenters. The first-order chi connectivity index (χ1) is 21.0. The summed E-state index contributed by atoms with van der Waals surface area (Å²) in [7, 11) is 3.09. The molecule has 13 heteroatoms. The van der Waals surface area contributed by atoms with Crippen molar-refractivity contribution in [3.63, 3.8) is 0 Å². The van der Waals surface area contributed by atoms with Gasteiger partial charge in [0.1, 0.15) is 22.8 Å². The molecule has 13 nitrogen and oxygen atoms in total. The molecule has 0 aliphatic heterocycles. The molecule has 1 aromatic carbocycles. The molecule has 2 amide bonds. The lowest BCUT2D eigenvalue weighted by molar-refractivity contribution is -0.153. The Balaban J connectivity index is 1.55. The van der Waals surface area contributed by atoms with E-state index in [1.54, 1.807) is 32.3 Å². The lowest BCUT2D eigenvalue weighted by atomic mass is 9.57. The predicted molar refractivity (Wildman–Crippen MR) is 164 cm³/mol. The van der Waals surface area contributed by atoms with Crippen molar-refractivity contribution in [3.8, 4) is 17.0 Å². The Kier molecular flexibility index (Phi) is 7.84. The van der Waals surface area contributed by atoms with Gasteiger partial charge in [0.05, 0.1) is 35.7 Å². The second kappa shape index (κ2) is 11.1. The number of Topliss-reactive ketones (excluding diaryl/α,β-unsaturated/α-hetero) is 2. The molecule has 1 aromatic heterocycles. The zero-order chi connectivity index (χ0) is 33.2. The van der Waals surface area contributed by atoms with Crippen molar-refractivity contribution in [1.29, 1.82) is 0 Å². The predicted octanol–water partition coefficient (Wildman–Crippen LogP) is 1.35. The van der Waals surface area contributed by atoms with Crippen LogP contribution in [0.5, 0.6) is 5.75 Å². The van der Waals surface area contributed by atoms with E-state index in [-0.39, 0.29) is 47.7 Å². The molecule has 0 spiro atoms. The van der Waals surface area contributed by atoms with Crippen molar-refractivity contribution in [2.24, 2.45) is 17.6 Å². The van der Waals surface area contributed by atoms with Gasteiger partial charge in [-0.25, -0.2) is 0 Å². The van der Waals surface area contributed by atoms with Crippen LogP contribution in [0.2, 0.25) is 0 Å². The van der Waals surface area contributed by atoms with Crippen molar-refractivity contribution in [1.82, 2.24) is 15.2 Å². The minimum Gasteiger partial charge on any atom is -0.508 e. The van der Waals surface area contributed by atoms with Crippen LogP contribution in [0.3, 0.4) is 0 Å². The van der Waals surface area contributed by atoms with Gasteiger partial charge in [-0.1, -0.05) is 0 Å². The molecule has 0 bridgehead atoms. The largest absolute Gasteiger partial charge is 0.508 e. The number of aliphatic hydroxyl groups excluding tert-OH is 2. The number of anilines is 1. The molecule has 1 saturated carbocycles. The highest BCUT2D eigenvalue weighted by Gasteiger charge is 2.64. The van der Waals surface area contributed by atoms with Crippen molar-refractivity contribution in [3.05, 3.63) is 58.5 Å². The maximum atomic E-state index is 14.0. The number of ketones is 2. The standard InChI is InChI=1S/C32H37N5O8/c1-31(2,3)35-13-21(39)36-15-6-8-19(34-12-15)16-7-9-20(38)23-17(16)10-14-11-18-25(37(4)5)27(41)24(30(33)44)29(43)32(18,45)28(42)22(14)26(23)40/h6-9,12,14,18,25,35,38,40,43,45H,10-11,13H2,1-5H3,(H2,33,44)(H,36,39)/t14-,18-,25-,32-/m0/s1. The first-order valence-electron chi connectivity index (χ1n) is 14.5. The number of fused-ring (bicyclic) bond motifs is 3. The summed E-state index contributed by atoms with van der Waals surface area (Å²) in [5.74, 6) is -7.36. The summed E-state index contributed by atoms with van der Waals surface area (Å²) in [6.45, 7) is 5.96. The topological polar surface area (TPSA) is 215 Å². The molecular formula is C32H37N5O8. The quantitative estimate of drug-likeness (QED) is 0.229. The van der Waals surface area contributed by atoms with Gasteiger partial charge in [0.25, 0.3) is 5.91 Å². The zero-order valence-corrected chi connectivity index (χ0v) is 25.6. The number of carbonyl (C=O) groups excluding carboxylic acids is 4. The number of benzene rings is 1. The normalized spacial score (nSPS) is 24.7. The number of nitrogens with zero attached hydrogens (tertiary/aromatic N) is 2. The van der Waals surface area contributed by atoms with E-state index < -0.39 is 58.0 Å². The van der Waals surface area contributed by atoms with Crippen LogP contribution in [0.15, 0.2) is 47.4 Å². The highest BCUT2D eigenvalue weighted by molar-refractivity contribution is 6.24. The Bertz CT molecular complexity index is 1690. The molecule has 238 valence electrons. The third-order valence-corrected chi connectivity index (χ3v) is 8.71. The number of nitrogens with one attached hydrogen (secondary N) is 2. The van der Waals surface area contributed by atoms with Gasteiger partial charge in [-0.05, 0) is 83.5 Å². The number of aromatic nitrogens is 1. The maximum Gasteiger partial charge on any atom is 0.255 e. The van der Waals surface area contributed by atoms with Crippen molar-refractivity contribution in [2.75, 3.05) is 26.0 Å². The lowest BCUT2D eigenvalue weighted by Crippen LogP contribution is -2.65. The second-order valence-electron chi connectivity index (χ2n) is 13.0. The summed E-state index contributed by atoms with van der Waals surface area (Å²) >= 11 is 0. The summed E-state index contributed by atoms with van der Waals surface area (Å²) in [6, 6.07) is 5.15. The first-order valence-corrected chi connectivity index (χ1v) is 14.5. The van der Waals surface area contributed by atoms with Crippen LogP contribution in [0, 0.1) is 11.8 Å². The van der Waals surface area contributed by atoms with Gasteiger partial charge in [-0.3, -0.25) is 29.1 Å². The molecule has 3 aliphatic carbocycles. The SMILES string of the molecule is CN(C)[C@@H]1C(=O)C(C(N)=O)=C(O)[C@@]2(O)C(=O)C3=C(O)c4c(O)ccc(-c5ccc(NC(=O)CNC(C)(C)C)cn5)c4C[C@H]3C[C@@H]12. The fraction of sp³-hybridized carbons (Fsp3) is 0.406.